The number of carboxylic acids is 1. The van der Waals surface area contributed by atoms with E-state index in [0.29, 0.717) is 99.4 Å². The molecular weight excluding hydrogens is 1310 g/mol. The summed E-state index contributed by atoms with van der Waals surface area (Å²) in [4.78, 5) is 159. The van der Waals surface area contributed by atoms with Gasteiger partial charge in [-0.05, 0) is 130 Å². The smallest absolute Gasteiger partial charge is 0.305 e. The fourth-order valence-corrected chi connectivity index (χ4v) is 14.1. The zero-order valence-electron chi connectivity index (χ0n) is 55.4. The Morgan fingerprint density at radius 2 is 1.30 bits per heavy atom. The number of rotatable bonds is 14. The lowest BCUT2D eigenvalue weighted by molar-refractivity contribution is -0.146. The Kier molecular flexibility index (Phi) is 26.0. The predicted octanol–water partition coefficient (Wildman–Crippen LogP) is 5.40. The summed E-state index contributed by atoms with van der Waals surface area (Å²) in [5, 5.41) is 30.3. The van der Waals surface area contributed by atoms with Crippen LogP contribution in [0, 0.1) is 24.5 Å². The second-order valence-electron chi connectivity index (χ2n) is 25.5. The van der Waals surface area contributed by atoms with E-state index in [9.17, 15) is 42.7 Å². The fourth-order valence-electron chi connectivity index (χ4n) is 12.4. The Morgan fingerprint density at radius 1 is 0.677 bits per heavy atom. The number of fused-ring (bicyclic) bond motifs is 5. The van der Waals surface area contributed by atoms with E-state index in [1.807, 2.05) is 37.3 Å². The Bertz CT molecular complexity index is 4040. The Balaban J connectivity index is 1.05. The number of aliphatic carboxylic acids is 1. The Hall–Kier alpha value is -9.41. The van der Waals surface area contributed by atoms with Crippen LogP contribution in [0.4, 0.5) is 8.78 Å². The lowest BCUT2D eigenvalue weighted by atomic mass is 9.89. The maximum atomic E-state index is 15.3. The standard InChI is InChI=1S/C71H85F2N13O11S2/c1-41-11-13-43(14-12-41)27-60-69(96)86-23-7-20-71(86,3)70(97)76-22-25-99-39-45-9-6-8-44(26-45)38-98-24-19-62(88)81-56(10-4-5-21-74)66(93)80-42(2)64(91)82-57(29-48-36-78-55-18-16-50(73)32-53(48)55)61(87)30-46(28-47-35-77-54-17-15-49(72)31-52(47)54)65(92)83-59(34-63(89)90)68(95)84-58(67(94)85-60)33-51-37-75-40-79-51/h6,8-9,11-18,26,31-32,35-37,40,42,46,56-60,77-78H,4-5,7,10,19-25,27-30,33-34,38-39,74H2,1-3H3,(H,75,79)(H,76,97)(H,80,93)(H,81,88)(H,82,91)(H,83,92)(H,84,95)(H,85,94)(H,89,90)/t42-,46-,56+,57+,58+,59+,60+,71+/m1/s1. The van der Waals surface area contributed by atoms with Gasteiger partial charge in [0, 0.05) is 120 Å². The molecule has 1 fully saturated rings. The molecule has 0 spiro atoms. The lowest BCUT2D eigenvalue weighted by Crippen LogP contribution is -2.62. The minimum Gasteiger partial charge on any atom is -0.481 e. The molecule has 28 heteroatoms. The summed E-state index contributed by atoms with van der Waals surface area (Å²) in [7, 11) is 0. The first-order chi connectivity index (χ1) is 47.5. The van der Waals surface area contributed by atoms with Crippen LogP contribution < -0.4 is 43.0 Å². The molecule has 0 radical (unpaired) electrons. The number of halogens is 2. The number of carboxylic acid groups (broad SMARTS) is 1. The third kappa shape index (κ3) is 20.4. The molecule has 8 amide bonds. The average Bonchev–Trinajstić information content (AvgIpc) is 1.69. The van der Waals surface area contributed by atoms with Crippen LogP contribution in [0.3, 0.4) is 0 Å². The number of unbranched alkanes of at least 4 members (excludes halogenated alkanes) is 1. The van der Waals surface area contributed by atoms with Crippen molar-refractivity contribution >= 4 is 104 Å². The second-order valence-corrected chi connectivity index (χ2v) is 27.7. The summed E-state index contributed by atoms with van der Waals surface area (Å²) in [6, 6.07) is 14.4. The summed E-state index contributed by atoms with van der Waals surface area (Å²) < 4.78 is 29.9. The van der Waals surface area contributed by atoms with Crippen LogP contribution in [-0.4, -0.2) is 162 Å². The number of aromatic nitrogens is 4. The second kappa shape index (κ2) is 34.9. The SMILES string of the molecule is Cc1ccc(C[C@@H]2NC(=O)[C@H](Cc3cnc[nH]3)NC(=O)[C@H](CC(=O)O)NC(=O)[C@H](Cc3c[nH]c4ccc(F)cc34)CC(=O)[C@H](Cc3c[nH]c4ccc(F)cc34)NC(=O)[C@@H](C)NC(=O)[C@H](CCCCN)NC(=O)CCSCc3cccc(c3)CSCCNC(=O)[C@]3(C)CCCN3C2=O)cc1. The van der Waals surface area contributed by atoms with Crippen molar-refractivity contribution in [3.63, 3.8) is 0 Å². The molecule has 99 heavy (non-hydrogen) atoms. The van der Waals surface area contributed by atoms with Gasteiger partial charge in [-0.15, -0.1) is 0 Å². The third-order valence-electron chi connectivity index (χ3n) is 18.0. The molecule has 2 aliphatic rings. The quantitative estimate of drug-likeness (QED) is 0.0606. The lowest BCUT2D eigenvalue weighted by Gasteiger charge is -2.36. The highest BCUT2D eigenvalue weighted by Gasteiger charge is 2.48. The van der Waals surface area contributed by atoms with Crippen molar-refractivity contribution in [3.05, 3.63) is 161 Å². The Labute approximate surface area is 579 Å². The van der Waals surface area contributed by atoms with Gasteiger partial charge in [-0.25, -0.2) is 13.8 Å². The van der Waals surface area contributed by atoms with Gasteiger partial charge in [-0.3, -0.25) is 47.9 Å². The topological polar surface area (TPSA) is 365 Å². The van der Waals surface area contributed by atoms with Gasteiger partial charge in [0.15, 0.2) is 5.78 Å². The van der Waals surface area contributed by atoms with E-state index < -0.39 is 125 Å². The van der Waals surface area contributed by atoms with E-state index >= 15 is 19.2 Å². The molecule has 0 unspecified atom stereocenters. The van der Waals surface area contributed by atoms with Gasteiger partial charge in [0.1, 0.15) is 47.4 Å². The minimum absolute atomic E-state index is 0.0464. The molecule has 0 saturated carbocycles. The van der Waals surface area contributed by atoms with E-state index in [1.54, 1.807) is 30.8 Å². The van der Waals surface area contributed by atoms with Crippen molar-refractivity contribution in [2.24, 2.45) is 11.7 Å². The van der Waals surface area contributed by atoms with Crippen molar-refractivity contribution in [1.29, 1.82) is 0 Å². The van der Waals surface area contributed by atoms with Crippen molar-refractivity contribution in [3.8, 4) is 0 Å². The number of aryl methyl sites for hydroxylation is 1. The molecule has 1 saturated heterocycles. The zero-order valence-corrected chi connectivity index (χ0v) is 57.1. The van der Waals surface area contributed by atoms with E-state index in [2.05, 4.69) is 63.2 Å². The first kappa shape index (κ1) is 73.8. The minimum atomic E-state index is -1.95. The van der Waals surface area contributed by atoms with E-state index in [4.69, 9.17) is 5.73 Å². The molecule has 3 aromatic heterocycles. The third-order valence-corrected chi connectivity index (χ3v) is 20.0. The molecule has 2 bridgehead atoms. The largest absolute Gasteiger partial charge is 0.481 e. The van der Waals surface area contributed by atoms with E-state index in [0.717, 1.165) is 16.7 Å². The van der Waals surface area contributed by atoms with E-state index in [-0.39, 0.29) is 57.5 Å². The summed E-state index contributed by atoms with van der Waals surface area (Å²) in [5.74, 6) is -8.90. The van der Waals surface area contributed by atoms with Crippen LogP contribution in [0.1, 0.15) is 104 Å². The predicted molar refractivity (Wildman–Crippen MR) is 372 cm³/mol. The van der Waals surface area contributed by atoms with Gasteiger partial charge >= 0.3 is 5.97 Å². The van der Waals surface area contributed by atoms with Crippen molar-refractivity contribution in [2.45, 2.75) is 151 Å². The van der Waals surface area contributed by atoms with Crippen LogP contribution in [0.25, 0.3) is 21.8 Å². The summed E-state index contributed by atoms with van der Waals surface area (Å²) in [5.41, 5.74) is 10.1. The number of carbonyl (C=O) groups excluding carboxylic acids is 9. The number of amides is 8. The van der Waals surface area contributed by atoms with Gasteiger partial charge in [-0.1, -0.05) is 54.1 Å². The number of aromatic amines is 3. The van der Waals surface area contributed by atoms with Gasteiger partial charge in [0.2, 0.25) is 47.3 Å². The first-order valence-corrected chi connectivity index (χ1v) is 35.5. The maximum Gasteiger partial charge on any atom is 0.305 e. The van der Waals surface area contributed by atoms with E-state index in [1.165, 1.54) is 84.9 Å². The van der Waals surface area contributed by atoms with Crippen LogP contribution in [-0.2, 0) is 85.1 Å². The Morgan fingerprint density at radius 3 is 1.96 bits per heavy atom. The highest BCUT2D eigenvalue weighted by molar-refractivity contribution is 7.98. The molecule has 2 aliphatic heterocycles. The number of thioether (sulfide) groups is 2. The summed E-state index contributed by atoms with van der Waals surface area (Å²) in [6.45, 7) is 5.75. The van der Waals surface area contributed by atoms with Gasteiger partial charge < -0.3 is 67.9 Å². The van der Waals surface area contributed by atoms with Crippen molar-refractivity contribution < 1.29 is 61.8 Å². The monoisotopic (exact) mass is 1400 g/mol. The normalized spacial score (nSPS) is 23.1. The number of nitrogens with one attached hydrogen (secondary N) is 10. The molecule has 24 nitrogen and oxygen atoms in total. The fraction of sp³-hybridized carbons (Fsp3) is 0.423. The van der Waals surface area contributed by atoms with Crippen LogP contribution in [0.5, 0.6) is 0 Å². The van der Waals surface area contributed by atoms with Gasteiger partial charge in [0.05, 0.1) is 18.8 Å². The van der Waals surface area contributed by atoms with Crippen molar-refractivity contribution in [2.75, 3.05) is 31.1 Å². The highest BCUT2D eigenvalue weighted by atomic mass is 32.2. The molecule has 5 heterocycles. The summed E-state index contributed by atoms with van der Waals surface area (Å²) >= 11 is 3.14. The highest BCUT2D eigenvalue weighted by Crippen LogP contribution is 2.32. The molecule has 0 aliphatic carbocycles. The van der Waals surface area contributed by atoms with Crippen LogP contribution in [0.15, 0.2) is 110 Å². The summed E-state index contributed by atoms with van der Waals surface area (Å²) in [6.07, 6.45) is 5.05. The average molecular weight is 1400 g/mol. The van der Waals surface area contributed by atoms with Crippen molar-refractivity contribution in [1.82, 2.24) is 62.1 Å². The molecule has 8 atom stereocenters. The molecule has 13 N–H and O–H groups in total. The number of Topliss-reactive ketones (excluding diaryl/α,β-unsaturated/α-hetero) is 1. The maximum absolute atomic E-state index is 15.3. The number of imidazole rings is 1. The van der Waals surface area contributed by atoms with Gasteiger partial charge in [0.25, 0.3) is 0 Å². The first-order valence-electron chi connectivity index (χ1n) is 33.2. The molecule has 9 rings (SSSR count). The van der Waals surface area contributed by atoms with Gasteiger partial charge in [-0.2, -0.15) is 23.5 Å². The molecule has 526 valence electrons. The number of benzene rings is 4. The number of ketones is 1. The molecule has 4 aromatic carbocycles. The number of hydrogen-bond donors (Lipinski definition) is 12. The van der Waals surface area contributed by atoms with Crippen LogP contribution in [0.2, 0.25) is 0 Å². The number of nitrogens with zero attached hydrogens (tertiary/aromatic N) is 2. The number of H-pyrrole nitrogens is 3. The molecule has 7 aromatic rings. The number of hydrogen-bond acceptors (Lipinski definition) is 14. The zero-order chi connectivity index (χ0) is 70.8. The number of carbonyl (C=O) groups is 10. The van der Waals surface area contributed by atoms with Crippen LogP contribution >= 0.6 is 23.5 Å². The number of nitrogens with two attached hydrogens (primary N) is 1. The molecular formula is C71H85F2N13O11S2.